The van der Waals surface area contributed by atoms with E-state index in [0.717, 1.165) is 13.0 Å². The van der Waals surface area contributed by atoms with Crippen LogP contribution in [0.4, 0.5) is 0 Å². The number of carbonyl (C=O) groups excluding carboxylic acids is 1. The van der Waals surface area contributed by atoms with Crippen LogP contribution >= 0.6 is 0 Å². The van der Waals surface area contributed by atoms with Crippen LogP contribution in [0.25, 0.3) is 0 Å². The summed E-state index contributed by atoms with van der Waals surface area (Å²) in [5.41, 5.74) is -0.744. The van der Waals surface area contributed by atoms with Crippen molar-refractivity contribution in [1.29, 1.82) is 0 Å². The number of nitrogens with zero attached hydrogens (tertiary/aromatic N) is 1. The molecule has 0 aromatic heterocycles. The molecular formula is C12H22N2O3. The monoisotopic (exact) mass is 242 g/mol. The van der Waals surface area contributed by atoms with Crippen molar-refractivity contribution in [2.45, 2.75) is 45.1 Å². The summed E-state index contributed by atoms with van der Waals surface area (Å²) in [7, 11) is 0. The summed E-state index contributed by atoms with van der Waals surface area (Å²) < 4.78 is 0. The van der Waals surface area contributed by atoms with Gasteiger partial charge in [-0.3, -0.25) is 14.5 Å². The van der Waals surface area contributed by atoms with Crippen LogP contribution in [-0.2, 0) is 9.59 Å². The third kappa shape index (κ3) is 2.97. The lowest BCUT2D eigenvalue weighted by molar-refractivity contribution is -0.150. The van der Waals surface area contributed by atoms with Gasteiger partial charge in [0.25, 0.3) is 0 Å². The average molecular weight is 242 g/mol. The summed E-state index contributed by atoms with van der Waals surface area (Å²) >= 11 is 0. The summed E-state index contributed by atoms with van der Waals surface area (Å²) in [6.45, 7) is 5.71. The second kappa shape index (κ2) is 6.00. The van der Waals surface area contributed by atoms with Crippen molar-refractivity contribution in [2.75, 3.05) is 19.6 Å². The molecule has 5 heteroatoms. The number of likely N-dealkylation sites (tertiary alicyclic amines) is 1. The summed E-state index contributed by atoms with van der Waals surface area (Å²) in [5.74, 6) is -0.761. The van der Waals surface area contributed by atoms with E-state index in [2.05, 4.69) is 5.32 Å². The van der Waals surface area contributed by atoms with E-state index in [1.165, 1.54) is 0 Å². The van der Waals surface area contributed by atoms with Gasteiger partial charge in [-0.25, -0.2) is 0 Å². The van der Waals surface area contributed by atoms with E-state index in [4.69, 9.17) is 0 Å². The summed E-state index contributed by atoms with van der Waals surface area (Å²) in [6, 6.07) is 0. The SMILES string of the molecule is CCNC(=O)CCN1CCCC1(CC)C(=O)O. The minimum Gasteiger partial charge on any atom is -0.480 e. The van der Waals surface area contributed by atoms with Crippen LogP contribution in [0.5, 0.6) is 0 Å². The fraction of sp³-hybridized carbons (Fsp3) is 0.833. The summed E-state index contributed by atoms with van der Waals surface area (Å²) in [5, 5.41) is 12.1. The van der Waals surface area contributed by atoms with E-state index in [9.17, 15) is 14.7 Å². The van der Waals surface area contributed by atoms with E-state index < -0.39 is 11.5 Å². The van der Waals surface area contributed by atoms with Gasteiger partial charge in [0.15, 0.2) is 0 Å². The van der Waals surface area contributed by atoms with E-state index in [1.807, 2.05) is 18.7 Å². The second-order valence-corrected chi connectivity index (χ2v) is 4.48. The third-order valence-electron chi connectivity index (χ3n) is 3.59. The molecule has 2 N–H and O–H groups in total. The zero-order valence-corrected chi connectivity index (χ0v) is 10.7. The Morgan fingerprint density at radius 1 is 1.41 bits per heavy atom. The Balaban J connectivity index is 2.57. The highest BCUT2D eigenvalue weighted by atomic mass is 16.4. The number of carboxylic acid groups (broad SMARTS) is 1. The molecule has 1 saturated heterocycles. The number of amides is 1. The highest BCUT2D eigenvalue weighted by Gasteiger charge is 2.45. The Hall–Kier alpha value is -1.10. The number of rotatable bonds is 6. The molecule has 1 fully saturated rings. The molecule has 1 unspecified atom stereocenters. The number of hydrogen-bond donors (Lipinski definition) is 2. The maximum atomic E-state index is 11.4. The van der Waals surface area contributed by atoms with Gasteiger partial charge in [0.05, 0.1) is 0 Å². The standard InChI is InChI=1S/C12H22N2O3/c1-3-12(11(16)17)7-5-8-14(12)9-6-10(15)13-4-2/h3-9H2,1-2H3,(H,13,15)(H,16,17). The lowest BCUT2D eigenvalue weighted by Crippen LogP contribution is -2.50. The first-order valence-electron chi connectivity index (χ1n) is 6.32. The minimum atomic E-state index is -0.756. The van der Waals surface area contributed by atoms with Gasteiger partial charge in [0.2, 0.25) is 5.91 Å². The fourth-order valence-electron chi connectivity index (χ4n) is 2.58. The predicted molar refractivity (Wildman–Crippen MR) is 64.8 cm³/mol. The lowest BCUT2D eigenvalue weighted by atomic mass is 9.93. The largest absolute Gasteiger partial charge is 0.480 e. The molecule has 0 bridgehead atoms. The molecular weight excluding hydrogens is 220 g/mol. The minimum absolute atomic E-state index is 0.00482. The normalized spacial score (nSPS) is 24.8. The molecule has 17 heavy (non-hydrogen) atoms. The molecule has 1 atom stereocenters. The maximum Gasteiger partial charge on any atom is 0.324 e. The quantitative estimate of drug-likeness (QED) is 0.724. The van der Waals surface area contributed by atoms with Gasteiger partial charge in [-0.2, -0.15) is 0 Å². The molecule has 0 radical (unpaired) electrons. The molecule has 5 nitrogen and oxygen atoms in total. The molecule has 0 aliphatic carbocycles. The van der Waals surface area contributed by atoms with Gasteiger partial charge in [-0.15, -0.1) is 0 Å². The van der Waals surface area contributed by atoms with E-state index in [0.29, 0.717) is 32.4 Å². The molecule has 1 heterocycles. The zero-order valence-electron chi connectivity index (χ0n) is 10.7. The number of nitrogens with one attached hydrogen (secondary N) is 1. The first-order valence-corrected chi connectivity index (χ1v) is 6.32. The van der Waals surface area contributed by atoms with Crippen molar-refractivity contribution < 1.29 is 14.7 Å². The van der Waals surface area contributed by atoms with Gasteiger partial charge >= 0.3 is 5.97 Å². The molecule has 1 rings (SSSR count). The highest BCUT2D eigenvalue weighted by Crippen LogP contribution is 2.32. The number of carbonyl (C=O) groups is 2. The predicted octanol–water partition coefficient (Wildman–Crippen LogP) is 0.842. The Kier molecular flexibility index (Phi) is 4.93. The number of carboxylic acids is 1. The first kappa shape index (κ1) is 14.0. The van der Waals surface area contributed by atoms with E-state index >= 15 is 0 Å². The van der Waals surface area contributed by atoms with Crippen LogP contribution in [0.15, 0.2) is 0 Å². The Morgan fingerprint density at radius 3 is 2.65 bits per heavy atom. The molecule has 0 aromatic carbocycles. The van der Waals surface area contributed by atoms with Crippen LogP contribution < -0.4 is 5.32 Å². The molecule has 1 aliphatic heterocycles. The Bertz CT molecular complexity index is 293. The Labute approximate surface area is 102 Å². The van der Waals surface area contributed by atoms with Crippen molar-refractivity contribution in [1.82, 2.24) is 10.2 Å². The third-order valence-corrected chi connectivity index (χ3v) is 3.59. The van der Waals surface area contributed by atoms with E-state index in [-0.39, 0.29) is 5.91 Å². The lowest BCUT2D eigenvalue weighted by Gasteiger charge is -2.33. The fourth-order valence-corrected chi connectivity index (χ4v) is 2.58. The zero-order chi connectivity index (χ0) is 12.9. The topological polar surface area (TPSA) is 69.6 Å². The first-order chi connectivity index (χ1) is 8.06. The number of aliphatic carboxylic acids is 1. The van der Waals surface area contributed by atoms with Crippen LogP contribution in [0, 0.1) is 0 Å². The number of hydrogen-bond acceptors (Lipinski definition) is 3. The maximum absolute atomic E-state index is 11.4. The van der Waals surface area contributed by atoms with Crippen molar-refractivity contribution >= 4 is 11.9 Å². The van der Waals surface area contributed by atoms with Crippen molar-refractivity contribution in [2.24, 2.45) is 0 Å². The average Bonchev–Trinajstić information content (AvgIpc) is 2.70. The van der Waals surface area contributed by atoms with Crippen LogP contribution in [-0.4, -0.2) is 47.1 Å². The van der Waals surface area contributed by atoms with Crippen molar-refractivity contribution in [3.8, 4) is 0 Å². The summed E-state index contributed by atoms with van der Waals surface area (Å²) in [4.78, 5) is 24.7. The molecule has 1 aliphatic rings. The smallest absolute Gasteiger partial charge is 0.324 e. The van der Waals surface area contributed by atoms with Gasteiger partial charge in [-0.05, 0) is 32.7 Å². The van der Waals surface area contributed by atoms with Gasteiger partial charge < -0.3 is 10.4 Å². The van der Waals surface area contributed by atoms with E-state index in [1.54, 1.807) is 0 Å². The molecule has 0 aromatic rings. The van der Waals surface area contributed by atoms with Crippen LogP contribution in [0.1, 0.15) is 39.5 Å². The van der Waals surface area contributed by atoms with Crippen LogP contribution in [0.3, 0.4) is 0 Å². The van der Waals surface area contributed by atoms with Gasteiger partial charge in [0.1, 0.15) is 5.54 Å². The highest BCUT2D eigenvalue weighted by molar-refractivity contribution is 5.79. The molecule has 0 saturated carbocycles. The molecule has 0 spiro atoms. The van der Waals surface area contributed by atoms with Crippen molar-refractivity contribution in [3.63, 3.8) is 0 Å². The van der Waals surface area contributed by atoms with Crippen molar-refractivity contribution in [3.05, 3.63) is 0 Å². The van der Waals surface area contributed by atoms with Gasteiger partial charge in [0, 0.05) is 19.5 Å². The Morgan fingerprint density at radius 2 is 2.12 bits per heavy atom. The summed E-state index contributed by atoms with van der Waals surface area (Å²) in [6.07, 6.45) is 2.56. The van der Waals surface area contributed by atoms with Gasteiger partial charge in [-0.1, -0.05) is 6.92 Å². The van der Waals surface area contributed by atoms with Crippen LogP contribution in [0.2, 0.25) is 0 Å². The molecule has 1 amide bonds. The molecule has 98 valence electrons. The second-order valence-electron chi connectivity index (χ2n) is 4.48.